The lowest BCUT2D eigenvalue weighted by Gasteiger charge is -2.46. The third-order valence-electron chi connectivity index (χ3n) is 4.67. The number of hydrogen-bond donors (Lipinski definition) is 0. The van der Waals surface area contributed by atoms with Crippen LogP contribution in [0.1, 0.15) is 46.5 Å². The van der Waals surface area contributed by atoms with Crippen molar-refractivity contribution in [3.63, 3.8) is 0 Å². The lowest BCUT2D eigenvalue weighted by molar-refractivity contribution is 0.351. The molecule has 1 aliphatic carbocycles. The van der Waals surface area contributed by atoms with E-state index in [1.54, 1.807) is 18.6 Å². The maximum absolute atomic E-state index is 2.68. The van der Waals surface area contributed by atoms with E-state index in [1.807, 2.05) is 0 Å². The fourth-order valence-corrected chi connectivity index (χ4v) is 11.2. The first-order valence-corrected chi connectivity index (χ1v) is 10.1. The summed E-state index contributed by atoms with van der Waals surface area (Å²) in [5, 5.41) is 1.01. The molecule has 5 unspecified atom stereocenters. The predicted molar refractivity (Wildman–Crippen MR) is 77.0 cm³/mol. The van der Waals surface area contributed by atoms with Crippen molar-refractivity contribution in [1.82, 2.24) is 0 Å². The van der Waals surface area contributed by atoms with Gasteiger partial charge in [-0.05, 0) is 48.1 Å². The van der Waals surface area contributed by atoms with Crippen LogP contribution >= 0.6 is 18.6 Å². The van der Waals surface area contributed by atoms with Gasteiger partial charge in [0.25, 0.3) is 0 Å². The van der Waals surface area contributed by atoms with Crippen molar-refractivity contribution < 1.29 is 0 Å². The van der Waals surface area contributed by atoms with Gasteiger partial charge in [-0.1, -0.05) is 27.2 Å². The van der Waals surface area contributed by atoms with Crippen LogP contribution in [0.15, 0.2) is 0 Å². The van der Waals surface area contributed by atoms with Gasteiger partial charge in [0.2, 0.25) is 0 Å². The van der Waals surface area contributed by atoms with Crippen LogP contribution < -0.4 is 0 Å². The lowest BCUT2D eigenvalue weighted by atomic mass is 9.87. The van der Waals surface area contributed by atoms with Crippen LogP contribution in [0, 0.1) is 5.92 Å². The van der Waals surface area contributed by atoms with Gasteiger partial charge in [-0.15, -0.1) is 8.58 Å². The molecule has 2 rings (SSSR count). The van der Waals surface area contributed by atoms with E-state index in [0.717, 1.165) is 21.8 Å². The molecule has 0 aromatic heterocycles. The quantitative estimate of drug-likeness (QED) is 0.630. The second kappa shape index (κ2) is 4.57. The molecule has 0 nitrogen and oxygen atoms in total. The number of hydrogen-bond acceptors (Lipinski definition) is 0. The van der Waals surface area contributed by atoms with Crippen LogP contribution in [-0.2, 0) is 0 Å². The van der Waals surface area contributed by atoms with E-state index < -0.39 is 0 Å². The van der Waals surface area contributed by atoms with Gasteiger partial charge in [-0.3, -0.25) is 0 Å². The second-order valence-electron chi connectivity index (χ2n) is 5.79. The van der Waals surface area contributed by atoms with E-state index in [1.165, 1.54) is 21.4 Å². The molecular weight excluding hydrogens is 219 g/mol. The topological polar surface area (TPSA) is 0 Å². The zero-order valence-corrected chi connectivity index (χ0v) is 12.6. The smallest absolute Gasteiger partial charge is 0.0128 e. The Labute approximate surface area is 99.1 Å². The maximum Gasteiger partial charge on any atom is 0.0128 e. The molecule has 5 atom stereocenters. The minimum absolute atomic E-state index is 0.270. The Hall–Kier alpha value is 0.780. The molecule has 15 heavy (non-hydrogen) atoms. The molecule has 0 aromatic carbocycles. The highest BCUT2D eigenvalue weighted by Gasteiger charge is 2.47. The van der Waals surface area contributed by atoms with Gasteiger partial charge in [-0.25, -0.2) is 10.0 Å². The highest BCUT2D eigenvalue weighted by atomic mass is 32.3. The zero-order valence-electron chi connectivity index (χ0n) is 10.8. The van der Waals surface area contributed by atoms with E-state index >= 15 is 0 Å². The van der Waals surface area contributed by atoms with Crippen molar-refractivity contribution in [3.8, 4) is 0 Å². The highest BCUT2D eigenvalue weighted by molar-refractivity contribution is 8.37. The van der Waals surface area contributed by atoms with Crippen molar-refractivity contribution in [1.29, 1.82) is 0 Å². The summed E-state index contributed by atoms with van der Waals surface area (Å²) < 4.78 is 0. The predicted octanol–water partition coefficient (Wildman–Crippen LogP) is 4.43. The zero-order chi connectivity index (χ0) is 11.1. The first-order chi connectivity index (χ1) is 7.08. The molecule has 2 fully saturated rings. The van der Waals surface area contributed by atoms with Crippen molar-refractivity contribution in [2.75, 3.05) is 12.0 Å². The Kier molecular flexibility index (Phi) is 3.73. The van der Waals surface area contributed by atoms with Crippen LogP contribution in [0.25, 0.3) is 0 Å². The average molecular weight is 246 g/mol. The third-order valence-corrected chi connectivity index (χ3v) is 13.2. The van der Waals surface area contributed by atoms with Crippen LogP contribution in [0.2, 0.25) is 0 Å². The van der Waals surface area contributed by atoms with Crippen LogP contribution in [0.4, 0.5) is 0 Å². The van der Waals surface area contributed by atoms with Crippen molar-refractivity contribution in [2.24, 2.45) is 5.92 Å². The van der Waals surface area contributed by atoms with E-state index in [9.17, 15) is 0 Å². The molecule has 1 aliphatic heterocycles. The summed E-state index contributed by atoms with van der Waals surface area (Å²) in [5.74, 6) is 2.74. The van der Waals surface area contributed by atoms with Gasteiger partial charge >= 0.3 is 0 Å². The molecule has 0 amide bonds. The molecule has 0 bridgehead atoms. The summed E-state index contributed by atoms with van der Waals surface area (Å²) in [7, 11) is 1.04. The summed E-state index contributed by atoms with van der Waals surface area (Å²) in [4.78, 5) is 1.16. The molecule has 0 aromatic rings. The Morgan fingerprint density at radius 3 is 2.33 bits per heavy atom. The molecule has 2 aliphatic rings. The van der Waals surface area contributed by atoms with E-state index in [4.69, 9.17) is 0 Å². The molecule has 1 saturated carbocycles. The molecule has 0 N–H and O–H groups in total. The highest BCUT2D eigenvalue weighted by Crippen LogP contribution is 2.73. The maximum atomic E-state index is 2.68. The summed E-state index contributed by atoms with van der Waals surface area (Å²) >= 11 is 0. The minimum atomic E-state index is -0.270. The molecule has 2 heteroatoms. The summed E-state index contributed by atoms with van der Waals surface area (Å²) in [5.41, 5.74) is 1.08. The van der Waals surface area contributed by atoms with Gasteiger partial charge < -0.3 is 0 Å². The molecule has 0 spiro atoms. The molecule has 1 saturated heterocycles. The largest absolute Gasteiger partial charge is 0.234 e. The Balaban J connectivity index is 2.00. The fraction of sp³-hybridized carbons (Fsp3) is 1.00. The first-order valence-electron chi connectivity index (χ1n) is 6.57. The van der Waals surface area contributed by atoms with Gasteiger partial charge in [0.1, 0.15) is 0 Å². The van der Waals surface area contributed by atoms with Gasteiger partial charge in [0.05, 0.1) is 0 Å². The SMILES string of the molecule is CCC(C)S(C)(CC1CCC1)C1PC1C. The van der Waals surface area contributed by atoms with Crippen molar-refractivity contribution in [3.05, 3.63) is 0 Å². The summed E-state index contributed by atoms with van der Waals surface area (Å²) in [6, 6.07) is 0. The molecular formula is C13H27PS. The van der Waals surface area contributed by atoms with E-state index in [-0.39, 0.29) is 10.0 Å². The van der Waals surface area contributed by atoms with Crippen molar-refractivity contribution in [2.45, 2.75) is 62.4 Å². The molecule has 90 valence electrons. The van der Waals surface area contributed by atoms with Gasteiger partial charge in [-0.2, -0.15) is 0 Å². The normalized spacial score (nSPS) is 40.5. The second-order valence-corrected chi connectivity index (χ2v) is 12.2. The monoisotopic (exact) mass is 246 g/mol. The standard InChI is InChI=1S/C13H27PS/c1-5-10(2)15(4,13-11(3)14-13)9-12-7-6-8-12/h10-14H,5-9H2,1-4H3. The molecule has 1 heterocycles. The summed E-state index contributed by atoms with van der Waals surface area (Å²) in [6.45, 7) is 7.41. The van der Waals surface area contributed by atoms with E-state index in [2.05, 4.69) is 27.0 Å². The van der Waals surface area contributed by atoms with Gasteiger partial charge in [0.15, 0.2) is 0 Å². The van der Waals surface area contributed by atoms with Gasteiger partial charge in [0, 0.05) is 4.99 Å². The van der Waals surface area contributed by atoms with E-state index in [0.29, 0.717) is 0 Å². The Morgan fingerprint density at radius 2 is 2.00 bits per heavy atom. The van der Waals surface area contributed by atoms with Crippen LogP contribution in [0.3, 0.4) is 0 Å². The lowest BCUT2D eigenvalue weighted by Crippen LogP contribution is -2.28. The third kappa shape index (κ3) is 2.39. The Bertz CT molecular complexity index is 221. The van der Waals surface area contributed by atoms with Crippen LogP contribution in [0.5, 0.6) is 0 Å². The molecule has 0 radical (unpaired) electrons. The van der Waals surface area contributed by atoms with Crippen molar-refractivity contribution >= 4 is 18.6 Å². The van der Waals surface area contributed by atoms with Crippen LogP contribution in [-0.4, -0.2) is 27.9 Å². The number of rotatable bonds is 5. The minimum Gasteiger partial charge on any atom is -0.234 e. The fourth-order valence-electron chi connectivity index (χ4n) is 2.89. The average Bonchev–Trinajstić information content (AvgIpc) is 2.88. The first kappa shape index (κ1) is 12.2. The summed E-state index contributed by atoms with van der Waals surface area (Å²) in [6.07, 6.45) is 8.70. The Morgan fingerprint density at radius 1 is 1.40 bits per heavy atom.